The summed E-state index contributed by atoms with van der Waals surface area (Å²) in [5.41, 5.74) is 0. The van der Waals surface area contributed by atoms with E-state index in [0.29, 0.717) is 6.04 Å². The van der Waals surface area contributed by atoms with Gasteiger partial charge in [0.1, 0.15) is 0 Å². The Morgan fingerprint density at radius 2 is 2.07 bits per heavy atom. The van der Waals surface area contributed by atoms with Crippen LogP contribution in [-0.4, -0.2) is 12.6 Å². The molecule has 0 aromatic carbocycles. The van der Waals surface area contributed by atoms with E-state index in [1.54, 1.807) is 0 Å². The second-order valence-corrected chi connectivity index (χ2v) is 5.71. The molecule has 1 N–H and O–H groups in total. The Kier molecular flexibility index (Phi) is 3.50. The van der Waals surface area contributed by atoms with E-state index in [9.17, 15) is 0 Å². The summed E-state index contributed by atoms with van der Waals surface area (Å²) in [4.78, 5) is 0. The zero-order valence-electron chi connectivity index (χ0n) is 10.4. The number of nitrogens with one attached hydrogen (secondary N) is 1. The molecule has 2 rings (SSSR count). The molecular weight excluding hydrogens is 182 g/mol. The first-order valence-corrected chi connectivity index (χ1v) is 6.62. The monoisotopic (exact) mass is 207 g/mol. The third-order valence-corrected chi connectivity index (χ3v) is 4.30. The summed E-state index contributed by atoms with van der Waals surface area (Å²) in [6.07, 6.45) is 9.01. The quantitative estimate of drug-likeness (QED) is 0.683. The van der Waals surface area contributed by atoms with Crippen molar-refractivity contribution in [2.75, 3.05) is 6.54 Å². The molecular formula is C14H25N. The average molecular weight is 207 g/mol. The first-order valence-electron chi connectivity index (χ1n) is 6.62. The van der Waals surface area contributed by atoms with Crippen LogP contribution in [0.4, 0.5) is 0 Å². The molecule has 0 saturated heterocycles. The second-order valence-electron chi connectivity index (χ2n) is 5.71. The molecule has 1 heteroatoms. The Morgan fingerprint density at radius 1 is 1.27 bits per heavy atom. The van der Waals surface area contributed by atoms with Gasteiger partial charge in [-0.3, -0.25) is 0 Å². The summed E-state index contributed by atoms with van der Waals surface area (Å²) >= 11 is 0. The zero-order chi connectivity index (χ0) is 10.8. The maximum absolute atomic E-state index is 3.76. The number of fused-ring (bicyclic) bond motifs is 2. The van der Waals surface area contributed by atoms with Crippen LogP contribution in [0.15, 0.2) is 12.2 Å². The molecule has 0 radical (unpaired) electrons. The van der Waals surface area contributed by atoms with Gasteiger partial charge < -0.3 is 5.32 Å². The SMILES string of the molecule is CCC(NCC1CC2C=CC1C2)C(C)C. The molecule has 0 aromatic rings. The third-order valence-electron chi connectivity index (χ3n) is 4.30. The van der Waals surface area contributed by atoms with E-state index in [-0.39, 0.29) is 0 Å². The van der Waals surface area contributed by atoms with Gasteiger partial charge >= 0.3 is 0 Å². The van der Waals surface area contributed by atoms with Gasteiger partial charge in [-0.15, -0.1) is 0 Å². The molecule has 1 nitrogen and oxygen atoms in total. The Bertz CT molecular complexity index is 231. The van der Waals surface area contributed by atoms with Crippen molar-refractivity contribution in [1.29, 1.82) is 0 Å². The van der Waals surface area contributed by atoms with Crippen LogP contribution < -0.4 is 5.32 Å². The summed E-state index contributed by atoms with van der Waals surface area (Å²) in [5, 5.41) is 3.76. The molecule has 1 saturated carbocycles. The van der Waals surface area contributed by atoms with E-state index in [4.69, 9.17) is 0 Å². The highest BCUT2D eigenvalue weighted by Crippen LogP contribution is 2.43. The lowest BCUT2D eigenvalue weighted by molar-refractivity contribution is 0.332. The fraction of sp³-hybridized carbons (Fsp3) is 0.857. The number of hydrogen-bond acceptors (Lipinski definition) is 1. The largest absolute Gasteiger partial charge is 0.313 e. The van der Waals surface area contributed by atoms with Crippen LogP contribution in [0.2, 0.25) is 0 Å². The van der Waals surface area contributed by atoms with Crippen LogP contribution in [0.1, 0.15) is 40.0 Å². The van der Waals surface area contributed by atoms with Crippen molar-refractivity contribution in [3.8, 4) is 0 Å². The molecule has 0 spiro atoms. The Balaban J connectivity index is 1.76. The predicted octanol–water partition coefficient (Wildman–Crippen LogP) is 3.22. The topological polar surface area (TPSA) is 12.0 Å². The first-order chi connectivity index (χ1) is 7.20. The highest BCUT2D eigenvalue weighted by Gasteiger charge is 2.35. The van der Waals surface area contributed by atoms with Crippen molar-refractivity contribution in [2.24, 2.45) is 23.7 Å². The second kappa shape index (κ2) is 4.69. The fourth-order valence-electron chi connectivity index (χ4n) is 3.28. The van der Waals surface area contributed by atoms with Gasteiger partial charge in [0.05, 0.1) is 0 Å². The number of hydrogen-bond donors (Lipinski definition) is 1. The van der Waals surface area contributed by atoms with Crippen molar-refractivity contribution in [2.45, 2.75) is 46.1 Å². The predicted molar refractivity (Wildman–Crippen MR) is 65.8 cm³/mol. The summed E-state index contributed by atoms with van der Waals surface area (Å²) in [6, 6.07) is 0.716. The van der Waals surface area contributed by atoms with Crippen molar-refractivity contribution in [3.63, 3.8) is 0 Å². The van der Waals surface area contributed by atoms with E-state index in [2.05, 4.69) is 38.2 Å². The number of rotatable bonds is 5. The lowest BCUT2D eigenvalue weighted by atomic mass is 9.92. The van der Waals surface area contributed by atoms with Crippen molar-refractivity contribution >= 4 is 0 Å². The van der Waals surface area contributed by atoms with E-state index >= 15 is 0 Å². The van der Waals surface area contributed by atoms with Gasteiger partial charge in [-0.2, -0.15) is 0 Å². The van der Waals surface area contributed by atoms with Gasteiger partial charge in [-0.25, -0.2) is 0 Å². The molecule has 4 unspecified atom stereocenters. The standard InChI is InChI=1S/C14H25N/c1-4-14(10(2)3)15-9-13-8-11-5-6-12(13)7-11/h5-6,10-15H,4,7-9H2,1-3H3. The van der Waals surface area contributed by atoms with Crippen molar-refractivity contribution in [3.05, 3.63) is 12.2 Å². The van der Waals surface area contributed by atoms with Gasteiger partial charge in [0.15, 0.2) is 0 Å². The summed E-state index contributed by atoms with van der Waals surface area (Å²) in [5.74, 6) is 3.50. The van der Waals surface area contributed by atoms with Crippen LogP contribution in [0.3, 0.4) is 0 Å². The van der Waals surface area contributed by atoms with Gasteiger partial charge in [0, 0.05) is 6.04 Å². The molecule has 0 aromatic heterocycles. The van der Waals surface area contributed by atoms with E-state index in [0.717, 1.165) is 23.7 Å². The molecule has 86 valence electrons. The third kappa shape index (κ3) is 2.44. The maximum Gasteiger partial charge on any atom is 0.00875 e. The van der Waals surface area contributed by atoms with Crippen LogP contribution in [0.5, 0.6) is 0 Å². The molecule has 2 aliphatic rings. The number of allylic oxidation sites excluding steroid dienone is 2. The van der Waals surface area contributed by atoms with Gasteiger partial charge in [0.25, 0.3) is 0 Å². The molecule has 1 fully saturated rings. The smallest absolute Gasteiger partial charge is 0.00875 e. The Hall–Kier alpha value is -0.300. The van der Waals surface area contributed by atoms with Crippen molar-refractivity contribution in [1.82, 2.24) is 5.32 Å². The van der Waals surface area contributed by atoms with Crippen molar-refractivity contribution < 1.29 is 0 Å². The molecule has 15 heavy (non-hydrogen) atoms. The minimum Gasteiger partial charge on any atom is -0.313 e. The fourth-order valence-corrected chi connectivity index (χ4v) is 3.28. The zero-order valence-corrected chi connectivity index (χ0v) is 10.4. The lowest BCUT2D eigenvalue weighted by Crippen LogP contribution is -2.37. The molecule has 0 aliphatic heterocycles. The van der Waals surface area contributed by atoms with Gasteiger partial charge in [-0.1, -0.05) is 32.9 Å². The van der Waals surface area contributed by atoms with E-state index < -0.39 is 0 Å². The summed E-state index contributed by atoms with van der Waals surface area (Å²) < 4.78 is 0. The highest BCUT2D eigenvalue weighted by molar-refractivity contribution is 5.10. The van der Waals surface area contributed by atoms with Gasteiger partial charge in [-0.05, 0) is 49.5 Å². The maximum atomic E-state index is 3.76. The Labute approximate surface area is 94.3 Å². The van der Waals surface area contributed by atoms with Gasteiger partial charge in [0.2, 0.25) is 0 Å². The molecule has 0 heterocycles. The van der Waals surface area contributed by atoms with Crippen LogP contribution in [-0.2, 0) is 0 Å². The summed E-state index contributed by atoms with van der Waals surface area (Å²) in [7, 11) is 0. The normalized spacial score (nSPS) is 35.3. The van der Waals surface area contributed by atoms with Crippen LogP contribution in [0.25, 0.3) is 0 Å². The van der Waals surface area contributed by atoms with Crippen LogP contribution in [0, 0.1) is 23.7 Å². The first kappa shape index (κ1) is 11.2. The molecule has 2 bridgehead atoms. The summed E-state index contributed by atoms with van der Waals surface area (Å²) in [6.45, 7) is 8.17. The minimum atomic E-state index is 0.716. The average Bonchev–Trinajstić information content (AvgIpc) is 2.79. The molecule has 0 amide bonds. The van der Waals surface area contributed by atoms with E-state index in [1.165, 1.54) is 25.8 Å². The van der Waals surface area contributed by atoms with E-state index in [1.807, 2.05) is 0 Å². The molecule has 2 aliphatic carbocycles. The van der Waals surface area contributed by atoms with Crippen LogP contribution >= 0.6 is 0 Å². The highest BCUT2D eigenvalue weighted by atomic mass is 14.9. The lowest BCUT2D eigenvalue weighted by Gasteiger charge is -2.25. The molecule has 4 atom stereocenters. The Morgan fingerprint density at radius 3 is 2.53 bits per heavy atom. The minimum absolute atomic E-state index is 0.716.